The van der Waals surface area contributed by atoms with E-state index < -0.39 is 0 Å². The molecule has 72 valence electrons. The summed E-state index contributed by atoms with van der Waals surface area (Å²) in [5.74, 6) is 0.388. The SMILES string of the molecule is Nc1c[nH]c2onc(C3CC3)c2c1=O. The minimum Gasteiger partial charge on any atom is -0.394 e. The van der Waals surface area contributed by atoms with Gasteiger partial charge in [0.25, 0.3) is 0 Å². The number of nitrogens with one attached hydrogen (secondary N) is 1. The van der Waals surface area contributed by atoms with Crippen molar-refractivity contribution in [2.75, 3.05) is 5.73 Å². The Bertz CT molecular complexity index is 551. The fourth-order valence-electron chi connectivity index (χ4n) is 1.61. The minimum absolute atomic E-state index is 0.179. The van der Waals surface area contributed by atoms with Gasteiger partial charge >= 0.3 is 0 Å². The second-order valence-corrected chi connectivity index (χ2v) is 3.62. The van der Waals surface area contributed by atoms with Crippen LogP contribution in [0.5, 0.6) is 0 Å². The van der Waals surface area contributed by atoms with Crippen LogP contribution < -0.4 is 11.2 Å². The third kappa shape index (κ3) is 0.891. The lowest BCUT2D eigenvalue weighted by Crippen LogP contribution is -2.09. The van der Waals surface area contributed by atoms with E-state index >= 15 is 0 Å². The molecule has 1 aliphatic rings. The smallest absolute Gasteiger partial charge is 0.240 e. The van der Waals surface area contributed by atoms with Crippen LogP contribution in [0.4, 0.5) is 5.69 Å². The van der Waals surface area contributed by atoms with Gasteiger partial charge in [-0.2, -0.15) is 0 Å². The van der Waals surface area contributed by atoms with E-state index in [2.05, 4.69) is 10.1 Å². The van der Waals surface area contributed by atoms with Gasteiger partial charge in [-0.1, -0.05) is 5.16 Å². The van der Waals surface area contributed by atoms with Gasteiger partial charge in [-0.3, -0.25) is 4.79 Å². The van der Waals surface area contributed by atoms with E-state index in [-0.39, 0.29) is 11.1 Å². The topological polar surface area (TPSA) is 84.9 Å². The summed E-state index contributed by atoms with van der Waals surface area (Å²) in [6.07, 6.45) is 3.60. The van der Waals surface area contributed by atoms with Crippen molar-refractivity contribution in [1.82, 2.24) is 10.1 Å². The molecule has 1 saturated carbocycles. The molecule has 0 aromatic carbocycles. The first kappa shape index (κ1) is 7.61. The molecule has 0 saturated heterocycles. The van der Waals surface area contributed by atoms with Crippen LogP contribution in [0.15, 0.2) is 15.5 Å². The Hall–Kier alpha value is -1.78. The molecule has 5 heteroatoms. The lowest BCUT2D eigenvalue weighted by Gasteiger charge is -1.92. The molecule has 0 aliphatic heterocycles. The number of nitrogens with two attached hydrogens (primary N) is 1. The number of fused-ring (bicyclic) bond motifs is 1. The molecule has 2 aromatic rings. The molecule has 2 aromatic heterocycles. The van der Waals surface area contributed by atoms with E-state index in [4.69, 9.17) is 10.3 Å². The van der Waals surface area contributed by atoms with Crippen LogP contribution in [0.1, 0.15) is 24.5 Å². The Kier molecular flexibility index (Phi) is 1.29. The van der Waals surface area contributed by atoms with Crippen molar-refractivity contribution < 1.29 is 4.52 Å². The van der Waals surface area contributed by atoms with Gasteiger partial charge in [-0.25, -0.2) is 0 Å². The maximum absolute atomic E-state index is 11.7. The molecular weight excluding hydrogens is 182 g/mol. The van der Waals surface area contributed by atoms with E-state index in [1.54, 1.807) is 0 Å². The highest BCUT2D eigenvalue weighted by Gasteiger charge is 2.30. The standard InChI is InChI=1S/C9H9N3O2/c10-5-3-11-9-6(8(5)13)7(12-14-9)4-1-2-4/h3-4H,1-2,10H2,(H,11,13). The number of hydrogen-bond acceptors (Lipinski definition) is 4. The maximum atomic E-state index is 11.7. The first-order valence-corrected chi connectivity index (χ1v) is 4.54. The van der Waals surface area contributed by atoms with E-state index in [0.29, 0.717) is 17.0 Å². The Labute approximate surface area is 78.9 Å². The van der Waals surface area contributed by atoms with Crippen molar-refractivity contribution in [3.63, 3.8) is 0 Å². The lowest BCUT2D eigenvalue weighted by atomic mass is 10.2. The predicted molar refractivity (Wildman–Crippen MR) is 51.0 cm³/mol. The fourth-order valence-corrected chi connectivity index (χ4v) is 1.61. The van der Waals surface area contributed by atoms with E-state index in [1.165, 1.54) is 6.20 Å². The number of nitrogens with zero attached hydrogens (tertiary/aromatic N) is 1. The van der Waals surface area contributed by atoms with Crippen LogP contribution in [0.25, 0.3) is 11.1 Å². The Morgan fingerprint density at radius 3 is 3.07 bits per heavy atom. The molecule has 0 amide bonds. The van der Waals surface area contributed by atoms with Gasteiger partial charge in [-0.15, -0.1) is 0 Å². The minimum atomic E-state index is -0.179. The fraction of sp³-hybridized carbons (Fsp3) is 0.333. The Balaban J connectivity index is 2.42. The molecule has 3 rings (SSSR count). The maximum Gasteiger partial charge on any atom is 0.240 e. The second kappa shape index (κ2) is 2.37. The molecule has 0 atom stereocenters. The third-order valence-corrected chi connectivity index (χ3v) is 2.53. The van der Waals surface area contributed by atoms with Gasteiger partial charge < -0.3 is 15.2 Å². The third-order valence-electron chi connectivity index (χ3n) is 2.53. The number of H-pyrrole nitrogens is 1. The highest BCUT2D eigenvalue weighted by molar-refractivity contribution is 5.79. The van der Waals surface area contributed by atoms with Crippen molar-refractivity contribution in [3.05, 3.63) is 22.1 Å². The normalized spacial score (nSPS) is 16.3. The lowest BCUT2D eigenvalue weighted by molar-refractivity contribution is 0.439. The van der Waals surface area contributed by atoms with Crippen molar-refractivity contribution in [3.8, 4) is 0 Å². The van der Waals surface area contributed by atoms with Gasteiger partial charge in [0.15, 0.2) is 0 Å². The molecule has 2 heterocycles. The zero-order valence-electron chi connectivity index (χ0n) is 7.41. The number of rotatable bonds is 1. The van der Waals surface area contributed by atoms with Gasteiger partial charge in [0.05, 0.1) is 5.69 Å². The number of aromatic nitrogens is 2. The van der Waals surface area contributed by atoms with Crippen molar-refractivity contribution in [1.29, 1.82) is 0 Å². The van der Waals surface area contributed by atoms with Gasteiger partial charge in [0.1, 0.15) is 11.1 Å². The monoisotopic (exact) mass is 191 g/mol. The largest absolute Gasteiger partial charge is 0.394 e. The van der Waals surface area contributed by atoms with Crippen molar-refractivity contribution in [2.24, 2.45) is 0 Å². The second-order valence-electron chi connectivity index (χ2n) is 3.62. The van der Waals surface area contributed by atoms with Crippen LogP contribution in [-0.2, 0) is 0 Å². The molecule has 0 unspecified atom stereocenters. The van der Waals surface area contributed by atoms with E-state index in [0.717, 1.165) is 18.5 Å². The first-order chi connectivity index (χ1) is 6.77. The molecule has 0 bridgehead atoms. The highest BCUT2D eigenvalue weighted by atomic mass is 16.5. The molecule has 0 radical (unpaired) electrons. The highest BCUT2D eigenvalue weighted by Crippen LogP contribution is 2.41. The van der Waals surface area contributed by atoms with Crippen LogP contribution >= 0.6 is 0 Å². The summed E-state index contributed by atoms with van der Waals surface area (Å²) in [5, 5.41) is 4.42. The molecule has 0 spiro atoms. The summed E-state index contributed by atoms with van der Waals surface area (Å²) in [7, 11) is 0. The predicted octanol–water partition coefficient (Wildman–Crippen LogP) is 0.976. The summed E-state index contributed by atoms with van der Waals surface area (Å²) in [5.41, 5.74) is 6.73. The zero-order valence-corrected chi connectivity index (χ0v) is 7.41. The Morgan fingerprint density at radius 2 is 2.36 bits per heavy atom. The average Bonchev–Trinajstić information content (AvgIpc) is 2.93. The number of pyridine rings is 1. The summed E-state index contributed by atoms with van der Waals surface area (Å²) >= 11 is 0. The average molecular weight is 191 g/mol. The van der Waals surface area contributed by atoms with Crippen LogP contribution in [0.3, 0.4) is 0 Å². The van der Waals surface area contributed by atoms with Crippen molar-refractivity contribution >= 4 is 16.8 Å². The van der Waals surface area contributed by atoms with Crippen LogP contribution in [-0.4, -0.2) is 10.1 Å². The molecule has 1 fully saturated rings. The zero-order chi connectivity index (χ0) is 9.71. The van der Waals surface area contributed by atoms with E-state index in [9.17, 15) is 4.79 Å². The quantitative estimate of drug-likeness (QED) is 0.703. The summed E-state index contributed by atoms with van der Waals surface area (Å²) in [6.45, 7) is 0. The molecule has 1 aliphatic carbocycles. The first-order valence-electron chi connectivity index (χ1n) is 4.54. The van der Waals surface area contributed by atoms with E-state index in [1.807, 2.05) is 0 Å². The number of hydrogen-bond donors (Lipinski definition) is 2. The van der Waals surface area contributed by atoms with Crippen molar-refractivity contribution in [2.45, 2.75) is 18.8 Å². The van der Waals surface area contributed by atoms with Crippen LogP contribution in [0.2, 0.25) is 0 Å². The number of anilines is 1. The van der Waals surface area contributed by atoms with Gasteiger partial charge in [0, 0.05) is 12.1 Å². The summed E-state index contributed by atoms with van der Waals surface area (Å²) in [4.78, 5) is 14.5. The van der Waals surface area contributed by atoms with Crippen LogP contribution in [0, 0.1) is 0 Å². The molecule has 3 N–H and O–H groups in total. The molecule has 5 nitrogen and oxygen atoms in total. The van der Waals surface area contributed by atoms with Gasteiger partial charge in [-0.05, 0) is 12.8 Å². The number of aromatic amines is 1. The molecular formula is C9H9N3O2. The summed E-state index contributed by atoms with van der Waals surface area (Å²) < 4.78 is 5.03. The molecule has 14 heavy (non-hydrogen) atoms. The number of nitrogen functional groups attached to an aromatic ring is 1. The summed E-state index contributed by atoms with van der Waals surface area (Å²) in [6, 6.07) is 0. The Morgan fingerprint density at radius 1 is 1.57 bits per heavy atom. The van der Waals surface area contributed by atoms with Gasteiger partial charge in [0.2, 0.25) is 11.1 Å².